The molecule has 1 aromatic heterocycles. The first-order valence-corrected chi connectivity index (χ1v) is 5.47. The Morgan fingerprint density at radius 1 is 1.06 bits per heavy atom. The SMILES string of the molecule is CC1CCCC1Nc1c(F)c(F)nc(F)c1F. The number of halogens is 4. The third-order valence-corrected chi connectivity index (χ3v) is 3.19. The predicted octanol–water partition coefficient (Wildman–Crippen LogP) is 3.24. The average molecular weight is 248 g/mol. The molecule has 2 unspecified atom stereocenters. The van der Waals surface area contributed by atoms with Gasteiger partial charge in [-0.05, 0) is 18.8 Å². The minimum absolute atomic E-state index is 0.166. The van der Waals surface area contributed by atoms with Crippen LogP contribution in [0.2, 0.25) is 0 Å². The van der Waals surface area contributed by atoms with E-state index < -0.39 is 29.2 Å². The van der Waals surface area contributed by atoms with Crippen molar-refractivity contribution in [1.82, 2.24) is 4.98 Å². The molecule has 1 heterocycles. The molecule has 0 aliphatic heterocycles. The molecule has 0 bridgehead atoms. The molecule has 1 saturated carbocycles. The molecular formula is C11H12F4N2. The summed E-state index contributed by atoms with van der Waals surface area (Å²) >= 11 is 0. The molecule has 1 N–H and O–H groups in total. The predicted molar refractivity (Wildman–Crippen MR) is 54.5 cm³/mol. The summed E-state index contributed by atoms with van der Waals surface area (Å²) in [5.74, 6) is -5.98. The van der Waals surface area contributed by atoms with Crippen LogP contribution in [0.15, 0.2) is 0 Å². The Labute approximate surface area is 96.0 Å². The van der Waals surface area contributed by atoms with Crippen molar-refractivity contribution in [1.29, 1.82) is 0 Å². The van der Waals surface area contributed by atoms with Crippen molar-refractivity contribution >= 4 is 5.69 Å². The van der Waals surface area contributed by atoms with Crippen LogP contribution in [-0.4, -0.2) is 11.0 Å². The lowest BCUT2D eigenvalue weighted by molar-refractivity contribution is 0.407. The van der Waals surface area contributed by atoms with Crippen LogP contribution in [0.3, 0.4) is 0 Å². The van der Waals surface area contributed by atoms with E-state index in [2.05, 4.69) is 10.3 Å². The highest BCUT2D eigenvalue weighted by Gasteiger charge is 2.28. The monoisotopic (exact) mass is 248 g/mol. The van der Waals surface area contributed by atoms with Gasteiger partial charge in [0.2, 0.25) is 11.6 Å². The molecule has 2 rings (SSSR count). The van der Waals surface area contributed by atoms with Gasteiger partial charge < -0.3 is 5.32 Å². The number of aromatic nitrogens is 1. The first-order chi connectivity index (χ1) is 8.00. The fourth-order valence-electron chi connectivity index (χ4n) is 2.16. The number of nitrogens with zero attached hydrogens (tertiary/aromatic N) is 1. The number of pyridine rings is 1. The molecule has 1 fully saturated rings. The lowest BCUT2D eigenvalue weighted by Gasteiger charge is -2.19. The molecular weight excluding hydrogens is 236 g/mol. The molecule has 1 aliphatic rings. The molecule has 0 aromatic carbocycles. The highest BCUT2D eigenvalue weighted by atomic mass is 19.2. The van der Waals surface area contributed by atoms with Gasteiger partial charge in [-0.3, -0.25) is 0 Å². The van der Waals surface area contributed by atoms with Gasteiger partial charge in [-0.2, -0.15) is 22.5 Å². The first kappa shape index (κ1) is 12.1. The van der Waals surface area contributed by atoms with Gasteiger partial charge in [-0.1, -0.05) is 13.3 Å². The van der Waals surface area contributed by atoms with E-state index >= 15 is 0 Å². The zero-order chi connectivity index (χ0) is 12.6. The van der Waals surface area contributed by atoms with E-state index in [-0.39, 0.29) is 12.0 Å². The smallest absolute Gasteiger partial charge is 0.253 e. The Kier molecular flexibility index (Phi) is 3.22. The van der Waals surface area contributed by atoms with Gasteiger partial charge in [0.25, 0.3) is 11.9 Å². The molecule has 0 saturated heterocycles. The summed E-state index contributed by atoms with van der Waals surface area (Å²) in [5.41, 5.74) is -0.756. The van der Waals surface area contributed by atoms with Gasteiger partial charge in [-0.15, -0.1) is 0 Å². The van der Waals surface area contributed by atoms with Crippen LogP contribution < -0.4 is 5.32 Å². The second-order valence-electron chi connectivity index (χ2n) is 4.36. The zero-order valence-corrected chi connectivity index (χ0v) is 9.24. The lowest BCUT2D eigenvalue weighted by Crippen LogP contribution is -2.24. The van der Waals surface area contributed by atoms with Crippen LogP contribution >= 0.6 is 0 Å². The van der Waals surface area contributed by atoms with E-state index in [1.807, 2.05) is 6.92 Å². The summed E-state index contributed by atoms with van der Waals surface area (Å²) in [4.78, 5) is 2.50. The Bertz CT molecular complexity index is 410. The summed E-state index contributed by atoms with van der Waals surface area (Å²) < 4.78 is 52.3. The minimum Gasteiger partial charge on any atom is -0.377 e. The van der Waals surface area contributed by atoms with Crippen LogP contribution in [0.5, 0.6) is 0 Å². The molecule has 0 radical (unpaired) electrons. The van der Waals surface area contributed by atoms with E-state index in [1.54, 1.807) is 0 Å². The molecule has 6 heteroatoms. The summed E-state index contributed by atoms with van der Waals surface area (Å²) in [6.45, 7) is 1.92. The molecule has 94 valence electrons. The highest BCUT2D eigenvalue weighted by Crippen LogP contribution is 2.30. The third kappa shape index (κ3) is 2.21. The van der Waals surface area contributed by atoms with Crippen LogP contribution in [0.4, 0.5) is 23.2 Å². The lowest BCUT2D eigenvalue weighted by atomic mass is 10.1. The van der Waals surface area contributed by atoms with Crippen molar-refractivity contribution in [2.75, 3.05) is 5.32 Å². The standard InChI is InChI=1S/C11H12F4N2/c1-5-3-2-4-6(5)16-9-7(12)10(14)17-11(15)8(9)13/h5-6H,2-4H2,1H3,(H,16,17). The normalized spacial score (nSPS) is 24.1. The van der Waals surface area contributed by atoms with Crippen LogP contribution in [0.25, 0.3) is 0 Å². The van der Waals surface area contributed by atoms with Crippen molar-refractivity contribution in [3.8, 4) is 0 Å². The number of nitrogens with one attached hydrogen (secondary N) is 1. The van der Waals surface area contributed by atoms with Crippen molar-refractivity contribution in [2.45, 2.75) is 32.2 Å². The van der Waals surface area contributed by atoms with Crippen LogP contribution in [0.1, 0.15) is 26.2 Å². The fraction of sp³-hybridized carbons (Fsp3) is 0.545. The molecule has 2 atom stereocenters. The van der Waals surface area contributed by atoms with Gasteiger partial charge in [-0.25, -0.2) is 0 Å². The second kappa shape index (κ2) is 4.50. The fourth-order valence-corrected chi connectivity index (χ4v) is 2.16. The van der Waals surface area contributed by atoms with Gasteiger partial charge in [0.15, 0.2) is 0 Å². The number of rotatable bonds is 2. The zero-order valence-electron chi connectivity index (χ0n) is 9.24. The van der Waals surface area contributed by atoms with E-state index in [4.69, 9.17) is 0 Å². The Morgan fingerprint density at radius 2 is 1.65 bits per heavy atom. The maximum absolute atomic E-state index is 13.3. The summed E-state index contributed by atoms with van der Waals surface area (Å²) in [7, 11) is 0. The first-order valence-electron chi connectivity index (χ1n) is 5.47. The number of hydrogen-bond donors (Lipinski definition) is 1. The Hall–Kier alpha value is -1.33. The quantitative estimate of drug-likeness (QED) is 0.642. The number of anilines is 1. The third-order valence-electron chi connectivity index (χ3n) is 3.19. The Balaban J connectivity index is 2.31. The van der Waals surface area contributed by atoms with E-state index in [9.17, 15) is 17.6 Å². The molecule has 2 nitrogen and oxygen atoms in total. The second-order valence-corrected chi connectivity index (χ2v) is 4.36. The maximum Gasteiger partial charge on any atom is 0.253 e. The average Bonchev–Trinajstić information content (AvgIpc) is 2.68. The van der Waals surface area contributed by atoms with E-state index in [1.165, 1.54) is 0 Å². The van der Waals surface area contributed by atoms with Gasteiger partial charge >= 0.3 is 0 Å². The molecule has 17 heavy (non-hydrogen) atoms. The van der Waals surface area contributed by atoms with Crippen LogP contribution in [0, 0.1) is 29.4 Å². The minimum atomic E-state index is -1.63. The summed E-state index contributed by atoms with van der Waals surface area (Å²) in [6, 6.07) is -0.166. The van der Waals surface area contributed by atoms with Crippen molar-refractivity contribution in [2.24, 2.45) is 5.92 Å². The largest absolute Gasteiger partial charge is 0.377 e. The van der Waals surface area contributed by atoms with Crippen LogP contribution in [-0.2, 0) is 0 Å². The molecule has 1 aromatic rings. The molecule has 0 spiro atoms. The van der Waals surface area contributed by atoms with Crippen molar-refractivity contribution < 1.29 is 17.6 Å². The van der Waals surface area contributed by atoms with Gasteiger partial charge in [0.05, 0.1) is 0 Å². The molecule has 1 aliphatic carbocycles. The van der Waals surface area contributed by atoms with Gasteiger partial charge in [0.1, 0.15) is 5.69 Å². The topological polar surface area (TPSA) is 24.9 Å². The van der Waals surface area contributed by atoms with Gasteiger partial charge in [0, 0.05) is 6.04 Å². The molecule has 0 amide bonds. The highest BCUT2D eigenvalue weighted by molar-refractivity contribution is 5.46. The van der Waals surface area contributed by atoms with Crippen molar-refractivity contribution in [3.05, 3.63) is 23.5 Å². The van der Waals surface area contributed by atoms with E-state index in [0.29, 0.717) is 0 Å². The summed E-state index contributed by atoms with van der Waals surface area (Å²) in [5, 5.41) is 2.54. The Morgan fingerprint density at radius 3 is 2.12 bits per heavy atom. The van der Waals surface area contributed by atoms with E-state index in [0.717, 1.165) is 19.3 Å². The maximum atomic E-state index is 13.3. The number of hydrogen-bond acceptors (Lipinski definition) is 2. The summed E-state index contributed by atoms with van der Waals surface area (Å²) in [6.07, 6.45) is 2.58. The van der Waals surface area contributed by atoms with Crippen molar-refractivity contribution in [3.63, 3.8) is 0 Å².